The highest BCUT2D eigenvalue weighted by Gasteiger charge is 2.25. The number of imidazole rings is 1. The molecule has 0 aliphatic heterocycles. The van der Waals surface area contributed by atoms with E-state index in [9.17, 15) is 14.4 Å². The topological polar surface area (TPSA) is 103 Å². The third-order valence-corrected chi connectivity index (χ3v) is 7.67. The lowest BCUT2D eigenvalue weighted by atomic mass is 10.0. The highest BCUT2D eigenvalue weighted by Crippen LogP contribution is 2.23. The summed E-state index contributed by atoms with van der Waals surface area (Å²) in [5.41, 5.74) is -0.643. The van der Waals surface area contributed by atoms with Gasteiger partial charge in [-0.15, -0.1) is 0 Å². The minimum atomic E-state index is -1.21. The predicted molar refractivity (Wildman–Crippen MR) is 152 cm³/mol. The Kier molecular flexibility index (Phi) is 14.1. The lowest BCUT2D eigenvalue weighted by molar-refractivity contribution is -0.123. The van der Waals surface area contributed by atoms with E-state index in [1.807, 2.05) is 17.7 Å². The van der Waals surface area contributed by atoms with Crippen molar-refractivity contribution in [2.45, 2.75) is 110 Å². The van der Waals surface area contributed by atoms with Crippen molar-refractivity contribution in [1.82, 2.24) is 19.8 Å². The van der Waals surface area contributed by atoms with E-state index in [0.29, 0.717) is 43.0 Å². The fraction of sp³-hybridized carbons (Fsp3) is 0.769. The number of nitrogens with one attached hydrogen (secondary N) is 1. The average molecular weight is 604 g/mol. The Bertz CT molecular complexity index is 879. The number of likely N-dealkylation sites (N-methyl/N-ethyl adjacent to an activating group) is 1. The summed E-state index contributed by atoms with van der Waals surface area (Å²) < 4.78 is 13.9. The van der Waals surface area contributed by atoms with E-state index < -0.39 is 19.8 Å². The fourth-order valence-corrected chi connectivity index (χ4v) is 4.66. The van der Waals surface area contributed by atoms with E-state index in [-0.39, 0.29) is 24.3 Å². The van der Waals surface area contributed by atoms with Crippen LogP contribution in [0.1, 0.15) is 78.1 Å². The highest BCUT2D eigenvalue weighted by molar-refractivity contribution is 9.10. The Balaban J connectivity index is 2.90. The molecule has 0 bridgehead atoms. The molecule has 0 spiro atoms. The molecule has 212 valence electrons. The van der Waals surface area contributed by atoms with Gasteiger partial charge in [-0.1, -0.05) is 39.4 Å². The molecule has 9 nitrogen and oxygen atoms in total. The monoisotopic (exact) mass is 602 g/mol. The zero-order valence-corrected chi connectivity index (χ0v) is 26.6. The number of hydrogen-bond donors (Lipinski definition) is 1. The van der Waals surface area contributed by atoms with E-state index >= 15 is 0 Å². The van der Waals surface area contributed by atoms with Crippen molar-refractivity contribution >= 4 is 41.8 Å². The number of Topliss-reactive ketones (excluding diaryl/α,β-unsaturated/α-hetero) is 1. The van der Waals surface area contributed by atoms with Gasteiger partial charge in [-0.2, -0.15) is 0 Å². The number of ketones is 1. The van der Waals surface area contributed by atoms with Crippen molar-refractivity contribution < 1.29 is 23.9 Å². The smallest absolute Gasteiger partial charge is 0.410 e. The second-order valence-corrected chi connectivity index (χ2v) is 18.1. The number of aromatic nitrogens is 2. The van der Waals surface area contributed by atoms with Crippen LogP contribution in [0, 0.1) is 0 Å². The Hall–Kier alpha value is -1.72. The first-order valence-corrected chi connectivity index (χ1v) is 17.7. The van der Waals surface area contributed by atoms with Gasteiger partial charge in [-0.25, -0.2) is 9.78 Å². The summed E-state index contributed by atoms with van der Waals surface area (Å²) >= 11 is 3.46. The molecule has 11 heteroatoms. The van der Waals surface area contributed by atoms with Crippen LogP contribution >= 0.6 is 15.9 Å². The molecule has 0 aliphatic rings. The van der Waals surface area contributed by atoms with Gasteiger partial charge >= 0.3 is 6.09 Å². The van der Waals surface area contributed by atoms with Crippen LogP contribution in [0.2, 0.25) is 25.7 Å². The zero-order chi connectivity index (χ0) is 28.2. The van der Waals surface area contributed by atoms with Crippen LogP contribution in [-0.2, 0) is 25.8 Å². The maximum atomic E-state index is 12.9. The Morgan fingerprint density at radius 2 is 1.86 bits per heavy atom. The summed E-state index contributed by atoms with van der Waals surface area (Å²) in [6, 6.07) is 0.694. The molecular weight excluding hydrogens is 556 g/mol. The van der Waals surface area contributed by atoms with E-state index in [1.54, 1.807) is 20.8 Å². The molecule has 0 unspecified atom stereocenters. The first kappa shape index (κ1) is 33.3. The molecule has 0 aromatic carbocycles. The zero-order valence-electron chi connectivity index (χ0n) is 24.0. The molecule has 0 fully saturated rings. The van der Waals surface area contributed by atoms with Gasteiger partial charge in [-0.3, -0.25) is 9.59 Å². The molecule has 0 radical (unpaired) electrons. The number of rotatable bonds is 16. The fourth-order valence-electron chi connectivity index (χ4n) is 3.47. The Morgan fingerprint density at radius 1 is 1.19 bits per heavy atom. The molecule has 1 N–H and O–H groups in total. The van der Waals surface area contributed by atoms with Gasteiger partial charge < -0.3 is 24.3 Å². The van der Waals surface area contributed by atoms with Gasteiger partial charge in [0.25, 0.3) is 0 Å². The van der Waals surface area contributed by atoms with Gasteiger partial charge in [0.2, 0.25) is 5.91 Å². The minimum absolute atomic E-state index is 0.134. The van der Waals surface area contributed by atoms with Gasteiger partial charge in [0.05, 0.1) is 6.04 Å². The summed E-state index contributed by atoms with van der Waals surface area (Å²) in [4.78, 5) is 42.8. The third kappa shape index (κ3) is 14.7. The maximum Gasteiger partial charge on any atom is 0.410 e. The highest BCUT2D eigenvalue weighted by atomic mass is 79.9. The molecule has 0 saturated heterocycles. The van der Waals surface area contributed by atoms with Gasteiger partial charge in [0.15, 0.2) is 0 Å². The summed E-state index contributed by atoms with van der Waals surface area (Å²) in [6.07, 6.45) is 5.63. The van der Waals surface area contributed by atoms with Crippen molar-refractivity contribution in [3.8, 4) is 0 Å². The van der Waals surface area contributed by atoms with Crippen LogP contribution in [-0.4, -0.2) is 66.1 Å². The summed E-state index contributed by atoms with van der Waals surface area (Å²) in [5.74, 6) is 0.660. The van der Waals surface area contributed by atoms with E-state index in [2.05, 4.69) is 45.9 Å². The number of nitrogens with zero attached hydrogens (tertiary/aromatic N) is 3. The van der Waals surface area contributed by atoms with Crippen LogP contribution in [0.3, 0.4) is 0 Å². The van der Waals surface area contributed by atoms with Gasteiger partial charge in [-0.05, 0) is 55.6 Å². The van der Waals surface area contributed by atoms with Crippen LogP contribution in [0.15, 0.2) is 10.8 Å². The van der Waals surface area contributed by atoms with Crippen molar-refractivity contribution in [2.24, 2.45) is 0 Å². The molecule has 0 aliphatic carbocycles. The summed E-state index contributed by atoms with van der Waals surface area (Å²) in [5, 5.41) is 3.05. The quantitative estimate of drug-likeness (QED) is 0.186. The number of halogens is 1. The maximum absolute atomic E-state index is 12.9. The first-order chi connectivity index (χ1) is 17.1. The number of carbonyl (C=O) groups excluding carboxylic acids is 3. The minimum Gasteiger partial charge on any atom is -0.444 e. The molecule has 1 aromatic rings. The van der Waals surface area contributed by atoms with Crippen LogP contribution in [0.25, 0.3) is 0 Å². The molecule has 1 heterocycles. The van der Waals surface area contributed by atoms with E-state index in [1.165, 1.54) is 11.9 Å². The van der Waals surface area contributed by atoms with Crippen LogP contribution in [0.4, 0.5) is 4.79 Å². The van der Waals surface area contributed by atoms with E-state index in [4.69, 9.17) is 9.47 Å². The molecular formula is C26H47BrN4O5Si. The molecule has 2 amide bonds. The van der Waals surface area contributed by atoms with Crippen molar-refractivity contribution in [1.29, 1.82) is 0 Å². The average Bonchev–Trinajstić information content (AvgIpc) is 3.13. The number of hydrogen-bond acceptors (Lipinski definition) is 6. The first-order valence-electron chi connectivity index (χ1n) is 13.2. The van der Waals surface area contributed by atoms with Crippen molar-refractivity contribution in [3.05, 3.63) is 16.6 Å². The van der Waals surface area contributed by atoms with Crippen LogP contribution < -0.4 is 5.32 Å². The second kappa shape index (κ2) is 15.6. The number of carbonyl (C=O) groups is 3. The Morgan fingerprint density at radius 3 is 2.46 bits per heavy atom. The molecule has 1 rings (SSSR count). The predicted octanol–water partition coefficient (Wildman–Crippen LogP) is 5.91. The normalized spacial score (nSPS) is 12.8. The number of amides is 2. The third-order valence-electron chi connectivity index (χ3n) is 5.58. The summed E-state index contributed by atoms with van der Waals surface area (Å²) in [7, 11) is 0.332. The molecule has 1 aromatic heterocycles. The van der Waals surface area contributed by atoms with Gasteiger partial charge in [0.1, 0.15) is 35.1 Å². The van der Waals surface area contributed by atoms with Crippen molar-refractivity contribution in [2.75, 3.05) is 20.2 Å². The SMILES string of the molecule is CCC(=O)CCCCC[C@H](NC(=O)CN(C)C(=O)OC(C)(C)C)c1nc(Br)cn1COCC[Si](C)(C)C. The van der Waals surface area contributed by atoms with Gasteiger partial charge in [0, 0.05) is 40.8 Å². The molecule has 1 atom stereocenters. The number of unbranched alkanes of at least 4 members (excludes halogenated alkanes) is 2. The second-order valence-electron chi connectivity index (χ2n) is 11.7. The van der Waals surface area contributed by atoms with Crippen molar-refractivity contribution in [3.63, 3.8) is 0 Å². The Labute approximate surface area is 232 Å². The van der Waals surface area contributed by atoms with E-state index in [0.717, 1.165) is 25.3 Å². The molecule has 37 heavy (non-hydrogen) atoms. The lowest BCUT2D eigenvalue weighted by Gasteiger charge is -2.25. The standard InChI is InChI=1S/C26H47BrN4O5Si/c1-9-20(32)13-11-10-12-14-21(28-23(33)18-30(5)25(34)36-26(2,3)4)24-29-22(27)17-31(24)19-35-15-16-37(6,7)8/h17,21H,9-16,18-19H2,1-8H3,(H,28,33)/t21-/m0/s1. The largest absolute Gasteiger partial charge is 0.444 e. The molecule has 0 saturated carbocycles. The summed E-state index contributed by atoms with van der Waals surface area (Å²) in [6.45, 7) is 15.0. The number of ether oxygens (including phenoxy) is 2. The lowest BCUT2D eigenvalue weighted by Crippen LogP contribution is -2.42. The van der Waals surface area contributed by atoms with Crippen LogP contribution in [0.5, 0.6) is 0 Å².